The van der Waals surface area contributed by atoms with Gasteiger partial charge in [-0.2, -0.15) is 0 Å². The van der Waals surface area contributed by atoms with Gasteiger partial charge < -0.3 is 0 Å². The quantitative estimate of drug-likeness (QED) is 0.361. The zero-order valence-electron chi connectivity index (χ0n) is 8.84. The molecule has 0 fully saturated rings. The van der Waals surface area contributed by atoms with E-state index in [9.17, 15) is 4.79 Å². The highest BCUT2D eigenvalue weighted by atomic mass is 16.2. The van der Waals surface area contributed by atoms with Crippen LogP contribution in [0.1, 0.15) is 33.6 Å². The molecule has 13 heavy (non-hydrogen) atoms. The predicted octanol–water partition coefficient (Wildman–Crippen LogP) is 0.487. The van der Waals surface area contributed by atoms with Crippen LogP contribution in [-0.4, -0.2) is 29.9 Å². The molecule has 0 spiro atoms. The van der Waals surface area contributed by atoms with E-state index in [1.807, 2.05) is 0 Å². The highest BCUT2D eigenvalue weighted by molar-refractivity contribution is 5.81. The lowest BCUT2D eigenvalue weighted by Crippen LogP contribution is -2.48. The summed E-state index contributed by atoms with van der Waals surface area (Å²) in [7, 11) is 0. The maximum Gasteiger partial charge on any atom is 0.251 e. The van der Waals surface area contributed by atoms with Crippen LogP contribution in [-0.2, 0) is 4.79 Å². The molecule has 4 heteroatoms. The fourth-order valence-electron chi connectivity index (χ4n) is 1.51. The Labute approximate surface area is 80.4 Å². The van der Waals surface area contributed by atoms with Gasteiger partial charge in [0.05, 0.1) is 6.04 Å². The van der Waals surface area contributed by atoms with Crippen molar-refractivity contribution in [3.8, 4) is 0 Å². The Morgan fingerprint density at radius 3 is 2.23 bits per heavy atom. The number of rotatable bonds is 6. The first kappa shape index (κ1) is 12.4. The van der Waals surface area contributed by atoms with E-state index in [2.05, 4.69) is 31.1 Å². The molecule has 0 saturated heterocycles. The van der Waals surface area contributed by atoms with Crippen molar-refractivity contribution in [2.45, 2.75) is 39.7 Å². The molecule has 0 saturated carbocycles. The lowest BCUT2D eigenvalue weighted by atomic mass is 10.1. The Morgan fingerprint density at radius 1 is 1.38 bits per heavy atom. The van der Waals surface area contributed by atoms with Gasteiger partial charge in [0.15, 0.2) is 0 Å². The molecular weight excluding hydrogens is 166 g/mol. The highest BCUT2D eigenvalue weighted by Gasteiger charge is 2.21. The van der Waals surface area contributed by atoms with Crippen LogP contribution >= 0.6 is 0 Å². The lowest BCUT2D eigenvalue weighted by Gasteiger charge is -2.27. The third kappa shape index (κ3) is 3.74. The van der Waals surface area contributed by atoms with Gasteiger partial charge in [0.1, 0.15) is 0 Å². The van der Waals surface area contributed by atoms with E-state index >= 15 is 0 Å². The number of likely N-dealkylation sites (N-methyl/N-ethyl adjacent to an activating group) is 1. The first-order valence-corrected chi connectivity index (χ1v) is 4.95. The Bertz CT molecular complexity index is 146. The molecule has 0 aromatic carbocycles. The molecule has 0 aromatic heterocycles. The van der Waals surface area contributed by atoms with Crippen molar-refractivity contribution >= 4 is 5.91 Å². The van der Waals surface area contributed by atoms with E-state index in [4.69, 9.17) is 5.84 Å². The number of amides is 1. The molecule has 0 bridgehead atoms. The molecule has 0 aliphatic carbocycles. The van der Waals surface area contributed by atoms with Crippen LogP contribution in [0, 0.1) is 0 Å². The van der Waals surface area contributed by atoms with Gasteiger partial charge in [0.25, 0.3) is 5.91 Å². The minimum absolute atomic E-state index is 0.0648. The van der Waals surface area contributed by atoms with Crippen LogP contribution in [0.2, 0.25) is 0 Å². The molecule has 78 valence electrons. The van der Waals surface area contributed by atoms with Crippen molar-refractivity contribution in [1.29, 1.82) is 0 Å². The zero-order chi connectivity index (χ0) is 10.3. The number of nitrogens with one attached hydrogen (secondary N) is 1. The van der Waals surface area contributed by atoms with Crippen LogP contribution in [0.5, 0.6) is 0 Å². The van der Waals surface area contributed by atoms with Crippen LogP contribution in [0.4, 0.5) is 0 Å². The summed E-state index contributed by atoms with van der Waals surface area (Å²) in [6, 6.07) is -0.0648. The van der Waals surface area contributed by atoms with Gasteiger partial charge >= 0.3 is 0 Å². The second kappa shape index (κ2) is 6.86. The Kier molecular flexibility index (Phi) is 6.54. The fourth-order valence-corrected chi connectivity index (χ4v) is 1.51. The van der Waals surface area contributed by atoms with Crippen molar-refractivity contribution in [1.82, 2.24) is 10.3 Å². The summed E-state index contributed by atoms with van der Waals surface area (Å²) in [4.78, 5) is 13.5. The van der Waals surface area contributed by atoms with Crippen LogP contribution in [0.25, 0.3) is 0 Å². The summed E-state index contributed by atoms with van der Waals surface area (Å²) in [6.07, 6.45) is 1.86. The molecule has 0 aliphatic heterocycles. The third-order valence-electron chi connectivity index (χ3n) is 2.26. The van der Waals surface area contributed by atoms with Gasteiger partial charge in [0.2, 0.25) is 0 Å². The Hall–Kier alpha value is -0.610. The number of carbonyl (C=O) groups excluding carboxylic acids is 1. The molecule has 0 aromatic rings. The first-order chi connectivity index (χ1) is 6.21. The molecular formula is C9H21N3O. The van der Waals surface area contributed by atoms with Crippen molar-refractivity contribution in [3.63, 3.8) is 0 Å². The molecule has 0 rings (SSSR count). The number of hydrazine groups is 1. The Balaban J connectivity index is 4.28. The third-order valence-corrected chi connectivity index (χ3v) is 2.26. The smallest absolute Gasteiger partial charge is 0.251 e. The second-order valence-electron chi connectivity index (χ2n) is 3.03. The van der Waals surface area contributed by atoms with E-state index in [0.717, 1.165) is 25.9 Å². The predicted molar refractivity (Wildman–Crippen MR) is 53.9 cm³/mol. The molecule has 0 heterocycles. The molecule has 1 amide bonds. The highest BCUT2D eigenvalue weighted by Crippen LogP contribution is 2.06. The molecule has 1 atom stereocenters. The van der Waals surface area contributed by atoms with Crippen molar-refractivity contribution in [2.24, 2.45) is 5.84 Å². The van der Waals surface area contributed by atoms with Crippen molar-refractivity contribution in [2.75, 3.05) is 13.1 Å². The molecule has 4 nitrogen and oxygen atoms in total. The van der Waals surface area contributed by atoms with E-state index in [0.29, 0.717) is 0 Å². The topological polar surface area (TPSA) is 58.4 Å². The largest absolute Gasteiger partial charge is 0.293 e. The average molecular weight is 187 g/mol. The monoisotopic (exact) mass is 187 g/mol. The standard InChI is InChI=1S/C9H21N3O/c1-4-7-8(9(13)11-10)12(5-2)6-3/h8H,4-7,10H2,1-3H3,(H,11,13)/t8-/m0/s1. The van der Waals surface area contributed by atoms with Gasteiger partial charge in [-0.15, -0.1) is 0 Å². The van der Waals surface area contributed by atoms with Gasteiger partial charge in [-0.25, -0.2) is 5.84 Å². The van der Waals surface area contributed by atoms with Crippen LogP contribution < -0.4 is 11.3 Å². The fraction of sp³-hybridized carbons (Fsp3) is 0.889. The number of nitrogens with two attached hydrogens (primary N) is 1. The Morgan fingerprint density at radius 2 is 1.92 bits per heavy atom. The minimum Gasteiger partial charge on any atom is -0.293 e. The van der Waals surface area contributed by atoms with Gasteiger partial charge in [-0.1, -0.05) is 27.2 Å². The van der Waals surface area contributed by atoms with Crippen molar-refractivity contribution in [3.05, 3.63) is 0 Å². The van der Waals surface area contributed by atoms with Gasteiger partial charge in [0, 0.05) is 0 Å². The summed E-state index contributed by atoms with van der Waals surface area (Å²) in [5.41, 5.74) is 2.22. The van der Waals surface area contributed by atoms with Gasteiger partial charge in [-0.3, -0.25) is 15.1 Å². The SMILES string of the molecule is CCC[C@@H](C(=O)NN)N(CC)CC. The molecule has 3 N–H and O–H groups in total. The summed E-state index contributed by atoms with van der Waals surface area (Å²) >= 11 is 0. The lowest BCUT2D eigenvalue weighted by molar-refractivity contribution is -0.126. The second-order valence-corrected chi connectivity index (χ2v) is 3.03. The molecule has 0 unspecified atom stereocenters. The first-order valence-electron chi connectivity index (χ1n) is 4.95. The maximum atomic E-state index is 11.4. The van der Waals surface area contributed by atoms with E-state index in [1.54, 1.807) is 0 Å². The zero-order valence-corrected chi connectivity index (χ0v) is 8.84. The summed E-state index contributed by atoms with van der Waals surface area (Å²) in [5, 5.41) is 0. The number of nitrogens with zero attached hydrogens (tertiary/aromatic N) is 1. The van der Waals surface area contributed by atoms with E-state index in [1.165, 1.54) is 0 Å². The average Bonchev–Trinajstić information content (AvgIpc) is 2.17. The summed E-state index contributed by atoms with van der Waals surface area (Å²) in [6.45, 7) is 7.94. The maximum absolute atomic E-state index is 11.4. The van der Waals surface area contributed by atoms with Crippen LogP contribution in [0.3, 0.4) is 0 Å². The number of hydrogen-bond acceptors (Lipinski definition) is 3. The number of carbonyl (C=O) groups is 1. The summed E-state index contributed by atoms with van der Waals surface area (Å²) < 4.78 is 0. The van der Waals surface area contributed by atoms with E-state index in [-0.39, 0.29) is 11.9 Å². The number of hydrogen-bond donors (Lipinski definition) is 2. The summed E-state index contributed by atoms with van der Waals surface area (Å²) in [5.74, 6) is 5.05. The normalized spacial score (nSPS) is 13.0. The minimum atomic E-state index is -0.0782. The van der Waals surface area contributed by atoms with Crippen LogP contribution in [0.15, 0.2) is 0 Å². The van der Waals surface area contributed by atoms with E-state index < -0.39 is 0 Å². The molecule has 0 aliphatic rings. The van der Waals surface area contributed by atoms with Gasteiger partial charge in [-0.05, 0) is 19.5 Å². The molecule has 0 radical (unpaired) electrons. The van der Waals surface area contributed by atoms with Crippen molar-refractivity contribution < 1.29 is 4.79 Å².